The quantitative estimate of drug-likeness (QED) is 0.782. The van der Waals surface area contributed by atoms with Crippen LogP contribution in [0.15, 0.2) is 42.7 Å². The second-order valence-electron chi connectivity index (χ2n) is 5.29. The van der Waals surface area contributed by atoms with Crippen LogP contribution in [0, 0.1) is 13.8 Å². The Balaban J connectivity index is 2.12. The molecule has 0 unspecified atom stereocenters. The lowest BCUT2D eigenvalue weighted by molar-refractivity contribution is 0.740. The number of pyridine rings is 1. The lowest BCUT2D eigenvalue weighted by Gasteiger charge is -2.08. The third kappa shape index (κ3) is 2.40. The molecule has 0 radical (unpaired) electrons. The van der Waals surface area contributed by atoms with Gasteiger partial charge in [0, 0.05) is 35.6 Å². The Bertz CT molecular complexity index is 785. The van der Waals surface area contributed by atoms with E-state index in [0.717, 1.165) is 27.9 Å². The monoisotopic (exact) mass is 278 g/mol. The summed E-state index contributed by atoms with van der Waals surface area (Å²) >= 11 is 0. The third-order valence-corrected chi connectivity index (χ3v) is 3.83. The highest BCUT2D eigenvalue weighted by Crippen LogP contribution is 2.31. The van der Waals surface area contributed by atoms with Crippen LogP contribution >= 0.6 is 0 Å². The first-order chi connectivity index (χ1) is 10.1. The Morgan fingerprint density at radius 2 is 1.67 bits per heavy atom. The average molecular weight is 278 g/mol. The summed E-state index contributed by atoms with van der Waals surface area (Å²) in [6.45, 7) is 4.11. The number of aromatic nitrogens is 3. The number of anilines is 1. The van der Waals surface area contributed by atoms with Gasteiger partial charge in [-0.2, -0.15) is 5.10 Å². The number of aryl methyl sites for hydroxylation is 2. The van der Waals surface area contributed by atoms with Crippen molar-refractivity contribution in [3.8, 4) is 22.3 Å². The van der Waals surface area contributed by atoms with E-state index in [4.69, 9.17) is 5.73 Å². The van der Waals surface area contributed by atoms with Gasteiger partial charge in [-0.3, -0.25) is 4.68 Å². The third-order valence-electron chi connectivity index (χ3n) is 3.83. The second-order valence-corrected chi connectivity index (χ2v) is 5.29. The highest BCUT2D eigenvalue weighted by molar-refractivity contribution is 5.80. The number of hydrogen-bond donors (Lipinski definition) is 1. The van der Waals surface area contributed by atoms with Gasteiger partial charge in [0.1, 0.15) is 5.82 Å². The van der Waals surface area contributed by atoms with Gasteiger partial charge in [0.15, 0.2) is 0 Å². The zero-order chi connectivity index (χ0) is 15.0. The van der Waals surface area contributed by atoms with E-state index in [-0.39, 0.29) is 0 Å². The van der Waals surface area contributed by atoms with Crippen molar-refractivity contribution in [3.63, 3.8) is 0 Å². The summed E-state index contributed by atoms with van der Waals surface area (Å²) in [6.07, 6.45) is 3.65. The number of nitrogens with zero attached hydrogens (tertiary/aromatic N) is 3. The van der Waals surface area contributed by atoms with Crippen molar-refractivity contribution in [1.29, 1.82) is 0 Å². The molecule has 3 aromatic rings. The molecular weight excluding hydrogens is 260 g/mol. The molecule has 0 aliphatic heterocycles. The first-order valence-electron chi connectivity index (χ1n) is 6.88. The summed E-state index contributed by atoms with van der Waals surface area (Å²) in [5.74, 6) is 0.530. The predicted octanol–water partition coefficient (Wildman–Crippen LogP) is 3.35. The first kappa shape index (κ1) is 13.4. The molecule has 1 aromatic carbocycles. The highest BCUT2D eigenvalue weighted by Gasteiger charge is 2.12. The summed E-state index contributed by atoms with van der Waals surface area (Å²) in [5.41, 5.74) is 12.5. The molecule has 0 aliphatic carbocycles. The Kier molecular flexibility index (Phi) is 3.22. The van der Waals surface area contributed by atoms with Gasteiger partial charge in [-0.15, -0.1) is 0 Å². The van der Waals surface area contributed by atoms with Crippen LogP contribution in [0.4, 0.5) is 5.82 Å². The zero-order valence-electron chi connectivity index (χ0n) is 12.5. The van der Waals surface area contributed by atoms with E-state index >= 15 is 0 Å². The van der Waals surface area contributed by atoms with E-state index in [0.29, 0.717) is 5.82 Å². The van der Waals surface area contributed by atoms with Crippen LogP contribution in [0.25, 0.3) is 22.3 Å². The molecule has 4 heteroatoms. The Labute approximate surface area is 124 Å². The molecule has 3 rings (SSSR count). The molecule has 0 bridgehead atoms. The minimum Gasteiger partial charge on any atom is -0.383 e. The standard InChI is InChI=1S/C17H18N4/c1-11-4-6-13(7-5-11)14-8-15(17(18)19-9-14)16-10-20-21(3)12(16)2/h4-10H,1-3H3,(H2,18,19). The summed E-state index contributed by atoms with van der Waals surface area (Å²) < 4.78 is 1.84. The molecule has 0 fully saturated rings. The van der Waals surface area contributed by atoms with Crippen molar-refractivity contribution < 1.29 is 0 Å². The van der Waals surface area contributed by atoms with E-state index in [1.54, 1.807) is 0 Å². The second kappa shape index (κ2) is 5.05. The maximum absolute atomic E-state index is 6.05. The maximum atomic E-state index is 6.05. The summed E-state index contributed by atoms with van der Waals surface area (Å²) in [5, 5.41) is 4.28. The SMILES string of the molecule is Cc1ccc(-c2cnc(N)c(-c3cnn(C)c3C)c2)cc1. The van der Waals surface area contributed by atoms with E-state index in [2.05, 4.69) is 47.3 Å². The van der Waals surface area contributed by atoms with Crippen LogP contribution in [0.5, 0.6) is 0 Å². The van der Waals surface area contributed by atoms with Crippen molar-refractivity contribution in [2.75, 3.05) is 5.73 Å². The maximum Gasteiger partial charge on any atom is 0.131 e. The topological polar surface area (TPSA) is 56.7 Å². The van der Waals surface area contributed by atoms with Crippen molar-refractivity contribution in [2.24, 2.45) is 7.05 Å². The van der Waals surface area contributed by atoms with Gasteiger partial charge in [-0.25, -0.2) is 4.98 Å². The number of hydrogen-bond acceptors (Lipinski definition) is 3. The molecule has 2 aromatic heterocycles. The highest BCUT2D eigenvalue weighted by atomic mass is 15.3. The predicted molar refractivity (Wildman–Crippen MR) is 85.8 cm³/mol. The van der Waals surface area contributed by atoms with Crippen molar-refractivity contribution in [1.82, 2.24) is 14.8 Å². The van der Waals surface area contributed by atoms with Gasteiger partial charge in [0.25, 0.3) is 0 Å². The fraction of sp³-hybridized carbons (Fsp3) is 0.176. The molecule has 2 N–H and O–H groups in total. The van der Waals surface area contributed by atoms with Crippen LogP contribution in [-0.4, -0.2) is 14.8 Å². The van der Waals surface area contributed by atoms with E-state index in [1.165, 1.54) is 5.56 Å². The Hall–Kier alpha value is -2.62. The number of nitrogens with two attached hydrogens (primary N) is 1. The fourth-order valence-corrected chi connectivity index (χ4v) is 2.36. The van der Waals surface area contributed by atoms with E-state index in [9.17, 15) is 0 Å². The minimum absolute atomic E-state index is 0.530. The van der Waals surface area contributed by atoms with Gasteiger partial charge in [-0.05, 0) is 25.5 Å². The molecule has 2 heterocycles. The van der Waals surface area contributed by atoms with E-state index < -0.39 is 0 Å². The van der Waals surface area contributed by atoms with Gasteiger partial charge in [0.05, 0.1) is 6.20 Å². The van der Waals surface area contributed by atoms with Gasteiger partial charge in [-0.1, -0.05) is 29.8 Å². The minimum atomic E-state index is 0.530. The smallest absolute Gasteiger partial charge is 0.131 e. The van der Waals surface area contributed by atoms with E-state index in [1.807, 2.05) is 31.0 Å². The number of benzene rings is 1. The molecule has 0 spiro atoms. The number of nitrogen functional groups attached to an aromatic ring is 1. The molecule has 106 valence electrons. The van der Waals surface area contributed by atoms with Crippen molar-refractivity contribution in [2.45, 2.75) is 13.8 Å². The van der Waals surface area contributed by atoms with Crippen LogP contribution in [0.2, 0.25) is 0 Å². The van der Waals surface area contributed by atoms with Crippen LogP contribution in [0.3, 0.4) is 0 Å². The van der Waals surface area contributed by atoms with Gasteiger partial charge < -0.3 is 5.73 Å². The van der Waals surface area contributed by atoms with Crippen molar-refractivity contribution >= 4 is 5.82 Å². The lowest BCUT2D eigenvalue weighted by atomic mass is 10.0. The van der Waals surface area contributed by atoms with Crippen LogP contribution < -0.4 is 5.73 Å². The molecule has 0 atom stereocenters. The van der Waals surface area contributed by atoms with Crippen LogP contribution in [0.1, 0.15) is 11.3 Å². The number of rotatable bonds is 2. The van der Waals surface area contributed by atoms with Gasteiger partial charge >= 0.3 is 0 Å². The Morgan fingerprint density at radius 1 is 0.952 bits per heavy atom. The summed E-state index contributed by atoms with van der Waals surface area (Å²) in [4.78, 5) is 4.35. The molecule has 21 heavy (non-hydrogen) atoms. The van der Waals surface area contributed by atoms with Crippen LogP contribution in [-0.2, 0) is 7.05 Å². The normalized spacial score (nSPS) is 10.8. The van der Waals surface area contributed by atoms with Crippen molar-refractivity contribution in [3.05, 3.63) is 54.0 Å². The largest absolute Gasteiger partial charge is 0.383 e. The fourth-order valence-electron chi connectivity index (χ4n) is 2.36. The molecular formula is C17H18N4. The molecule has 0 aliphatic rings. The molecule has 4 nitrogen and oxygen atoms in total. The Morgan fingerprint density at radius 3 is 2.29 bits per heavy atom. The van der Waals surface area contributed by atoms with Gasteiger partial charge in [0.2, 0.25) is 0 Å². The molecule has 0 saturated heterocycles. The summed E-state index contributed by atoms with van der Waals surface area (Å²) in [6, 6.07) is 10.5. The lowest BCUT2D eigenvalue weighted by Crippen LogP contribution is -1.97. The molecule has 0 saturated carbocycles. The average Bonchev–Trinajstić information content (AvgIpc) is 2.81. The first-order valence-corrected chi connectivity index (χ1v) is 6.88. The summed E-state index contributed by atoms with van der Waals surface area (Å²) in [7, 11) is 1.92. The zero-order valence-corrected chi connectivity index (χ0v) is 12.5. The molecule has 0 amide bonds.